The summed E-state index contributed by atoms with van der Waals surface area (Å²) in [5, 5.41) is 3.49. The normalized spacial score (nSPS) is 12.2. The van der Waals surface area contributed by atoms with Crippen molar-refractivity contribution in [3.05, 3.63) is 64.9 Å². The van der Waals surface area contributed by atoms with Gasteiger partial charge >= 0.3 is 0 Å². The monoisotopic (exact) mass is 367 g/mol. The number of rotatable bonds is 6. The van der Waals surface area contributed by atoms with Crippen LogP contribution in [0.2, 0.25) is 0 Å². The lowest BCUT2D eigenvalue weighted by Gasteiger charge is -2.02. The molecule has 1 N–H and O–H groups in total. The SMILES string of the molecule is O=C(CCc1cccnc1)Nc1ncc(Cc2ccc3c(c2)OCO3)s1. The van der Waals surface area contributed by atoms with Gasteiger partial charge in [0.2, 0.25) is 12.7 Å². The Kier molecular flexibility index (Phi) is 4.79. The minimum absolute atomic E-state index is 0.0437. The summed E-state index contributed by atoms with van der Waals surface area (Å²) in [6.07, 6.45) is 7.10. The van der Waals surface area contributed by atoms with Crippen LogP contribution in [0.15, 0.2) is 48.9 Å². The fraction of sp³-hybridized carbons (Fsp3) is 0.211. The highest BCUT2D eigenvalue weighted by molar-refractivity contribution is 7.15. The van der Waals surface area contributed by atoms with Gasteiger partial charge in [-0.3, -0.25) is 9.78 Å². The highest BCUT2D eigenvalue weighted by atomic mass is 32.1. The standard InChI is InChI=1S/C19H17N3O3S/c23-18(6-4-13-2-1-7-20-10-13)22-19-21-11-15(26-19)8-14-3-5-16-17(9-14)25-12-24-16/h1-3,5,7,9-11H,4,6,8,12H2,(H,21,22,23). The lowest BCUT2D eigenvalue weighted by molar-refractivity contribution is -0.116. The maximum absolute atomic E-state index is 12.1. The molecule has 3 heterocycles. The Hall–Kier alpha value is -2.93. The molecule has 1 amide bonds. The van der Waals surface area contributed by atoms with Gasteiger partial charge in [0.1, 0.15) is 0 Å². The van der Waals surface area contributed by atoms with Crippen LogP contribution >= 0.6 is 11.3 Å². The number of hydrogen-bond donors (Lipinski definition) is 1. The summed E-state index contributed by atoms with van der Waals surface area (Å²) in [6, 6.07) is 9.75. The van der Waals surface area contributed by atoms with Crippen LogP contribution in [0.25, 0.3) is 0 Å². The van der Waals surface area contributed by atoms with E-state index in [-0.39, 0.29) is 12.7 Å². The summed E-state index contributed by atoms with van der Waals surface area (Å²) >= 11 is 1.48. The molecular formula is C19H17N3O3S. The molecule has 0 aliphatic carbocycles. The van der Waals surface area contributed by atoms with Crippen LogP contribution in [0.3, 0.4) is 0 Å². The number of thiazole rings is 1. The molecule has 132 valence electrons. The van der Waals surface area contributed by atoms with Crippen molar-refractivity contribution in [2.75, 3.05) is 12.1 Å². The van der Waals surface area contributed by atoms with Gasteiger partial charge in [0.15, 0.2) is 16.6 Å². The quantitative estimate of drug-likeness (QED) is 0.723. The van der Waals surface area contributed by atoms with Crippen LogP contribution in [-0.2, 0) is 17.6 Å². The number of nitrogens with zero attached hydrogens (tertiary/aromatic N) is 2. The van der Waals surface area contributed by atoms with E-state index in [1.54, 1.807) is 18.6 Å². The average molecular weight is 367 g/mol. The first-order valence-corrected chi connectivity index (χ1v) is 9.10. The summed E-state index contributed by atoms with van der Waals surface area (Å²) in [5.74, 6) is 1.51. The molecule has 0 bridgehead atoms. The van der Waals surface area contributed by atoms with E-state index in [4.69, 9.17) is 9.47 Å². The van der Waals surface area contributed by atoms with Gasteiger partial charge < -0.3 is 14.8 Å². The first kappa shape index (κ1) is 16.5. The molecule has 0 saturated carbocycles. The topological polar surface area (TPSA) is 73.3 Å². The van der Waals surface area contributed by atoms with Crippen LogP contribution < -0.4 is 14.8 Å². The van der Waals surface area contributed by atoms with E-state index in [2.05, 4.69) is 15.3 Å². The second-order valence-electron chi connectivity index (χ2n) is 5.91. The van der Waals surface area contributed by atoms with E-state index in [1.165, 1.54) is 11.3 Å². The van der Waals surface area contributed by atoms with Crippen LogP contribution in [-0.4, -0.2) is 22.7 Å². The zero-order valence-electron chi connectivity index (χ0n) is 14.0. The molecule has 6 nitrogen and oxygen atoms in total. The second-order valence-corrected chi connectivity index (χ2v) is 7.02. The number of aryl methyl sites for hydroxylation is 1. The van der Waals surface area contributed by atoms with Crippen molar-refractivity contribution in [3.8, 4) is 11.5 Å². The Labute approximate surface area is 154 Å². The molecule has 1 aliphatic rings. The smallest absolute Gasteiger partial charge is 0.231 e. The number of nitrogens with one attached hydrogen (secondary N) is 1. The van der Waals surface area contributed by atoms with E-state index in [0.29, 0.717) is 18.0 Å². The van der Waals surface area contributed by atoms with Gasteiger partial charge in [-0.05, 0) is 35.7 Å². The van der Waals surface area contributed by atoms with Gasteiger partial charge in [-0.1, -0.05) is 12.1 Å². The Morgan fingerprint density at radius 2 is 2.08 bits per heavy atom. The van der Waals surface area contributed by atoms with Gasteiger partial charge in [0.05, 0.1) is 0 Å². The van der Waals surface area contributed by atoms with E-state index < -0.39 is 0 Å². The summed E-state index contributed by atoms with van der Waals surface area (Å²) < 4.78 is 10.7. The molecule has 0 fully saturated rings. The third-order valence-electron chi connectivity index (χ3n) is 3.98. The highest BCUT2D eigenvalue weighted by Gasteiger charge is 2.14. The maximum atomic E-state index is 12.1. The number of anilines is 1. The van der Waals surface area contributed by atoms with E-state index in [9.17, 15) is 4.79 Å². The number of ether oxygens (including phenoxy) is 2. The van der Waals surface area contributed by atoms with E-state index in [0.717, 1.165) is 33.9 Å². The molecule has 1 aliphatic heterocycles. The number of pyridine rings is 1. The molecule has 3 aromatic rings. The molecule has 0 saturated heterocycles. The fourth-order valence-corrected chi connectivity index (χ4v) is 3.55. The number of hydrogen-bond acceptors (Lipinski definition) is 6. The van der Waals surface area contributed by atoms with Gasteiger partial charge in [-0.15, -0.1) is 11.3 Å². The van der Waals surface area contributed by atoms with Crippen molar-refractivity contribution >= 4 is 22.4 Å². The fourth-order valence-electron chi connectivity index (χ4n) is 2.68. The van der Waals surface area contributed by atoms with Gasteiger partial charge in [0, 0.05) is 36.3 Å². The molecule has 2 aromatic heterocycles. The lowest BCUT2D eigenvalue weighted by Crippen LogP contribution is -2.12. The Morgan fingerprint density at radius 1 is 1.15 bits per heavy atom. The minimum Gasteiger partial charge on any atom is -0.454 e. The third kappa shape index (κ3) is 4.00. The van der Waals surface area contributed by atoms with Crippen molar-refractivity contribution in [2.24, 2.45) is 0 Å². The van der Waals surface area contributed by atoms with Gasteiger partial charge in [-0.25, -0.2) is 4.98 Å². The lowest BCUT2D eigenvalue weighted by atomic mass is 10.1. The van der Waals surface area contributed by atoms with E-state index >= 15 is 0 Å². The molecule has 4 rings (SSSR count). The summed E-state index contributed by atoms with van der Waals surface area (Å²) in [5.41, 5.74) is 2.16. The summed E-state index contributed by atoms with van der Waals surface area (Å²) in [6.45, 7) is 0.272. The van der Waals surface area contributed by atoms with Crippen LogP contribution in [0, 0.1) is 0 Å². The molecule has 0 spiro atoms. The molecule has 1 aromatic carbocycles. The number of carbonyl (C=O) groups excluding carboxylic acids is 1. The third-order valence-corrected chi connectivity index (χ3v) is 4.89. The Morgan fingerprint density at radius 3 is 2.96 bits per heavy atom. The molecule has 0 radical (unpaired) electrons. The van der Waals surface area contributed by atoms with Gasteiger partial charge in [-0.2, -0.15) is 0 Å². The zero-order chi connectivity index (χ0) is 17.8. The summed E-state index contributed by atoms with van der Waals surface area (Å²) in [7, 11) is 0. The van der Waals surface area contributed by atoms with Crippen LogP contribution in [0.4, 0.5) is 5.13 Å². The second kappa shape index (κ2) is 7.53. The number of fused-ring (bicyclic) bond motifs is 1. The minimum atomic E-state index is -0.0437. The van der Waals surface area contributed by atoms with Crippen LogP contribution in [0.5, 0.6) is 11.5 Å². The summed E-state index contributed by atoms with van der Waals surface area (Å²) in [4.78, 5) is 21.5. The predicted octanol–water partition coefficient (Wildman–Crippen LogP) is 3.43. The number of amides is 1. The first-order valence-electron chi connectivity index (χ1n) is 8.28. The van der Waals surface area contributed by atoms with Crippen molar-refractivity contribution in [2.45, 2.75) is 19.3 Å². The molecule has 7 heteroatoms. The van der Waals surface area contributed by atoms with Crippen molar-refractivity contribution in [1.29, 1.82) is 0 Å². The molecule has 0 unspecified atom stereocenters. The predicted molar refractivity (Wildman–Crippen MR) is 98.7 cm³/mol. The van der Waals surface area contributed by atoms with Crippen LogP contribution in [0.1, 0.15) is 22.4 Å². The highest BCUT2D eigenvalue weighted by Crippen LogP contribution is 2.33. The molecule has 0 atom stereocenters. The van der Waals surface area contributed by atoms with Gasteiger partial charge in [0.25, 0.3) is 0 Å². The van der Waals surface area contributed by atoms with Crippen molar-refractivity contribution < 1.29 is 14.3 Å². The number of benzene rings is 1. The largest absolute Gasteiger partial charge is 0.454 e. The van der Waals surface area contributed by atoms with Crippen molar-refractivity contribution in [1.82, 2.24) is 9.97 Å². The van der Waals surface area contributed by atoms with Crippen molar-refractivity contribution in [3.63, 3.8) is 0 Å². The Bertz CT molecular complexity index is 911. The average Bonchev–Trinajstić information content (AvgIpc) is 3.30. The first-order chi connectivity index (χ1) is 12.8. The number of carbonyl (C=O) groups is 1. The maximum Gasteiger partial charge on any atom is 0.231 e. The van der Waals surface area contributed by atoms with E-state index in [1.807, 2.05) is 30.3 Å². The molecular weight excluding hydrogens is 350 g/mol. The Balaban J connectivity index is 1.32. The zero-order valence-corrected chi connectivity index (χ0v) is 14.8. The number of aromatic nitrogens is 2. The molecule has 26 heavy (non-hydrogen) atoms.